The molecule has 2 aliphatic heterocycles. The van der Waals surface area contributed by atoms with Crippen LogP contribution in [0.5, 0.6) is 6.01 Å². The largest absolute Gasteiger partial charge is 0.465 e. The third kappa shape index (κ3) is 5.16. The van der Waals surface area contributed by atoms with Gasteiger partial charge in [0.1, 0.15) is 5.69 Å². The highest BCUT2D eigenvalue weighted by Crippen LogP contribution is 2.22. The Bertz CT molecular complexity index is 1640. The summed E-state index contributed by atoms with van der Waals surface area (Å²) in [6, 6.07) is 14.6. The molecule has 11 nitrogen and oxygen atoms in total. The number of ether oxygens (including phenoxy) is 3. The van der Waals surface area contributed by atoms with Gasteiger partial charge in [0.15, 0.2) is 0 Å². The summed E-state index contributed by atoms with van der Waals surface area (Å²) >= 11 is 0. The number of benzene rings is 2. The van der Waals surface area contributed by atoms with Gasteiger partial charge in [-0.1, -0.05) is 36.4 Å². The molecular weight excluding hydrogens is 486 g/mol. The first-order valence-corrected chi connectivity index (χ1v) is 12.0. The molecule has 194 valence electrons. The van der Waals surface area contributed by atoms with E-state index in [0.29, 0.717) is 30.7 Å². The van der Waals surface area contributed by atoms with Crippen LogP contribution in [0, 0.1) is 10.4 Å². The molecule has 38 heavy (non-hydrogen) atoms. The Morgan fingerprint density at radius 3 is 2.26 bits per heavy atom. The maximum Gasteiger partial charge on any atom is 0.296 e. The molecule has 0 unspecified atom stereocenters. The highest BCUT2D eigenvalue weighted by atomic mass is 16.7. The summed E-state index contributed by atoms with van der Waals surface area (Å²) in [6.07, 6.45) is 8.18. The van der Waals surface area contributed by atoms with Gasteiger partial charge in [-0.2, -0.15) is 4.98 Å². The molecule has 11 heteroatoms. The minimum Gasteiger partial charge on any atom is -0.465 e. The fourth-order valence-corrected chi connectivity index (χ4v) is 4.35. The van der Waals surface area contributed by atoms with Crippen molar-refractivity contribution in [2.45, 2.75) is 19.8 Å². The number of hydrogen-bond acceptors (Lipinski definition) is 10. The number of hydroxylamine groups is 2. The number of imidazole rings is 1. The van der Waals surface area contributed by atoms with Crippen molar-refractivity contribution >= 4 is 11.4 Å². The number of rotatable bonds is 7. The highest BCUT2D eigenvalue weighted by molar-refractivity contribution is 5.68. The summed E-state index contributed by atoms with van der Waals surface area (Å²) in [4.78, 5) is 4.57. The fraction of sp³-hybridized carbons (Fsp3) is 0.222. The van der Waals surface area contributed by atoms with E-state index in [9.17, 15) is 5.21 Å². The highest BCUT2D eigenvalue weighted by Gasteiger charge is 2.17. The molecule has 0 amide bonds. The SMILES string of the molecule is CCOc1nc(C(OC)OC)cn1Cc1ccc(=c2ccccc2=C2N=NN=N2)c(=C2C=CN(O)C=C2)c1. The number of methoxy groups -OCH3 is 2. The van der Waals surface area contributed by atoms with Gasteiger partial charge < -0.3 is 14.2 Å². The lowest BCUT2D eigenvalue weighted by atomic mass is 10.0. The molecule has 1 aromatic heterocycles. The van der Waals surface area contributed by atoms with E-state index in [1.165, 1.54) is 0 Å². The van der Waals surface area contributed by atoms with Gasteiger partial charge in [-0.25, -0.2) is 5.06 Å². The molecule has 0 bridgehead atoms. The topological polar surface area (TPSA) is 118 Å². The first-order chi connectivity index (χ1) is 18.6. The van der Waals surface area contributed by atoms with Crippen LogP contribution < -0.4 is 15.2 Å². The monoisotopic (exact) mass is 513 g/mol. The van der Waals surface area contributed by atoms with E-state index in [0.717, 1.165) is 37.1 Å². The molecule has 0 radical (unpaired) electrons. The van der Waals surface area contributed by atoms with Gasteiger partial charge >= 0.3 is 0 Å². The normalized spacial score (nSPS) is 15.3. The third-order valence-corrected chi connectivity index (χ3v) is 6.04. The molecule has 2 aromatic carbocycles. The van der Waals surface area contributed by atoms with Gasteiger partial charge in [0, 0.05) is 38.0 Å². The van der Waals surface area contributed by atoms with Crippen molar-refractivity contribution in [1.82, 2.24) is 14.6 Å². The average Bonchev–Trinajstić information content (AvgIpc) is 3.61. The first-order valence-electron chi connectivity index (χ1n) is 12.0. The first kappa shape index (κ1) is 25.2. The number of nitrogens with zero attached hydrogens (tertiary/aromatic N) is 7. The summed E-state index contributed by atoms with van der Waals surface area (Å²) in [5.41, 5.74) is 2.57. The Labute approximate surface area is 218 Å². The van der Waals surface area contributed by atoms with Crippen molar-refractivity contribution in [3.8, 4) is 6.01 Å². The Hall–Kier alpha value is -4.45. The maximum absolute atomic E-state index is 9.82. The van der Waals surface area contributed by atoms with E-state index in [2.05, 4.69) is 43.9 Å². The standard InChI is InChI=1S/C27H27N7O4/c1-4-38-27-28-24(26(36-2)37-3)17-33(27)16-18-9-10-21(23(15-18)19-11-13-34(35)14-12-19)20-7-5-6-8-22(20)25-29-31-32-30-25/h5-15,17,26,35H,4,16H2,1-3H3. The summed E-state index contributed by atoms with van der Waals surface area (Å²) < 4.78 is 18.5. The van der Waals surface area contributed by atoms with Gasteiger partial charge in [0.25, 0.3) is 6.01 Å². The molecule has 0 spiro atoms. The van der Waals surface area contributed by atoms with Crippen LogP contribution in [0.25, 0.3) is 11.4 Å². The van der Waals surface area contributed by atoms with Crippen molar-refractivity contribution in [2.24, 2.45) is 20.7 Å². The van der Waals surface area contributed by atoms with E-state index in [1.807, 2.05) is 54.1 Å². The van der Waals surface area contributed by atoms with Gasteiger partial charge in [0.2, 0.25) is 12.1 Å². The van der Waals surface area contributed by atoms with Crippen LogP contribution in [0.2, 0.25) is 0 Å². The molecule has 0 fully saturated rings. The number of aromatic nitrogens is 2. The zero-order valence-electron chi connectivity index (χ0n) is 21.2. The predicted molar refractivity (Wildman–Crippen MR) is 137 cm³/mol. The molecule has 0 aliphatic carbocycles. The van der Waals surface area contributed by atoms with Crippen molar-refractivity contribution in [3.63, 3.8) is 0 Å². The fourth-order valence-electron chi connectivity index (χ4n) is 4.35. The lowest BCUT2D eigenvalue weighted by Crippen LogP contribution is -2.16. The van der Waals surface area contributed by atoms with Gasteiger partial charge in [-0.3, -0.25) is 9.77 Å². The van der Waals surface area contributed by atoms with E-state index in [-0.39, 0.29) is 0 Å². The Balaban J connectivity index is 1.72. The third-order valence-electron chi connectivity index (χ3n) is 6.04. The summed E-state index contributed by atoms with van der Waals surface area (Å²) in [5.74, 6) is 0.454. The van der Waals surface area contributed by atoms with Crippen molar-refractivity contribution in [2.75, 3.05) is 20.8 Å². The second kappa shape index (κ2) is 11.3. The smallest absolute Gasteiger partial charge is 0.296 e. The molecule has 0 saturated carbocycles. The lowest BCUT2D eigenvalue weighted by molar-refractivity contribution is -0.108. The second-order valence-electron chi connectivity index (χ2n) is 8.41. The maximum atomic E-state index is 9.82. The number of hydrogen-bond donors (Lipinski definition) is 1. The van der Waals surface area contributed by atoms with E-state index in [4.69, 9.17) is 14.2 Å². The molecule has 1 N–H and O–H groups in total. The zero-order chi connectivity index (χ0) is 26.5. The van der Waals surface area contributed by atoms with Crippen molar-refractivity contribution in [3.05, 3.63) is 105 Å². The minimum absolute atomic E-state index is 0.454. The zero-order valence-corrected chi connectivity index (χ0v) is 21.2. The van der Waals surface area contributed by atoms with Crippen LogP contribution in [0.3, 0.4) is 0 Å². The van der Waals surface area contributed by atoms with Gasteiger partial charge in [0.05, 0.1) is 13.2 Å². The van der Waals surface area contributed by atoms with Crippen molar-refractivity contribution in [1.29, 1.82) is 0 Å². The van der Waals surface area contributed by atoms with Gasteiger partial charge in [-0.05, 0) is 62.4 Å². The Kier molecular flexibility index (Phi) is 7.50. The van der Waals surface area contributed by atoms with E-state index in [1.54, 1.807) is 26.6 Å². The average molecular weight is 514 g/mol. The molecular formula is C27H27N7O4. The quantitative estimate of drug-likeness (QED) is 0.482. The summed E-state index contributed by atoms with van der Waals surface area (Å²) in [6.45, 7) is 2.89. The Morgan fingerprint density at radius 1 is 0.895 bits per heavy atom. The summed E-state index contributed by atoms with van der Waals surface area (Å²) in [7, 11) is 3.14. The van der Waals surface area contributed by atoms with Crippen LogP contribution in [-0.4, -0.2) is 40.6 Å². The van der Waals surface area contributed by atoms with Crippen LogP contribution in [-0.2, 0) is 16.0 Å². The Morgan fingerprint density at radius 2 is 1.58 bits per heavy atom. The molecule has 0 atom stereocenters. The van der Waals surface area contributed by atoms with Crippen LogP contribution >= 0.6 is 0 Å². The predicted octanol–water partition coefficient (Wildman–Crippen LogP) is 3.69. The molecule has 2 aliphatic rings. The molecule has 3 heterocycles. The second-order valence-corrected chi connectivity index (χ2v) is 8.41. The molecule has 5 rings (SSSR count). The lowest BCUT2D eigenvalue weighted by Gasteiger charge is -2.12. The van der Waals surface area contributed by atoms with Crippen LogP contribution in [0.15, 0.2) is 93.9 Å². The summed E-state index contributed by atoms with van der Waals surface area (Å²) in [5, 5.41) is 30.0. The van der Waals surface area contributed by atoms with E-state index < -0.39 is 6.29 Å². The number of allylic oxidation sites excluding steroid dienone is 2. The van der Waals surface area contributed by atoms with Crippen LogP contribution in [0.4, 0.5) is 0 Å². The minimum atomic E-state index is -0.596. The van der Waals surface area contributed by atoms with Crippen molar-refractivity contribution < 1.29 is 19.4 Å². The molecule has 0 saturated heterocycles. The molecule has 3 aromatic rings. The van der Waals surface area contributed by atoms with E-state index >= 15 is 0 Å². The van der Waals surface area contributed by atoms with Gasteiger partial charge in [-0.15, -0.1) is 10.2 Å². The van der Waals surface area contributed by atoms with Crippen LogP contribution in [0.1, 0.15) is 24.5 Å².